The minimum Gasteiger partial charge on any atom is -0.445 e. The number of hydrogen-bond donors (Lipinski definition) is 2. The number of aldehydes is 1. The zero-order chi connectivity index (χ0) is 15.9. The van der Waals surface area contributed by atoms with Crippen LogP contribution in [0.15, 0.2) is 30.3 Å². The highest BCUT2D eigenvalue weighted by molar-refractivity contribution is 5.69. The molecule has 0 heterocycles. The van der Waals surface area contributed by atoms with Crippen LogP contribution in [0.4, 0.5) is 13.6 Å². The highest BCUT2D eigenvalue weighted by Crippen LogP contribution is 2.24. The molecule has 5 nitrogen and oxygen atoms in total. The van der Waals surface area contributed by atoms with Gasteiger partial charge in [0.15, 0.2) is 6.29 Å². The van der Waals surface area contributed by atoms with Gasteiger partial charge in [-0.05, 0) is 5.56 Å². The lowest BCUT2D eigenvalue weighted by atomic mass is 10.0. The third kappa shape index (κ3) is 5.11. The Kier molecular flexibility index (Phi) is 6.23. The van der Waals surface area contributed by atoms with Gasteiger partial charge in [-0.15, -0.1) is 0 Å². The van der Waals surface area contributed by atoms with Crippen molar-refractivity contribution in [1.29, 1.82) is 0 Å². The molecule has 2 N–H and O–H groups in total. The van der Waals surface area contributed by atoms with Gasteiger partial charge >= 0.3 is 6.09 Å². The zero-order valence-corrected chi connectivity index (χ0v) is 11.5. The maximum Gasteiger partial charge on any atom is 0.407 e. The van der Waals surface area contributed by atoms with Gasteiger partial charge < -0.3 is 20.0 Å². The van der Waals surface area contributed by atoms with Crippen LogP contribution >= 0.6 is 0 Å². The molecule has 0 aliphatic carbocycles. The number of ether oxygens (including phenoxy) is 1. The van der Waals surface area contributed by atoms with Crippen LogP contribution in [-0.2, 0) is 16.1 Å². The molecule has 1 amide bonds. The van der Waals surface area contributed by atoms with Crippen molar-refractivity contribution < 1.29 is 28.2 Å². The molecule has 21 heavy (non-hydrogen) atoms. The Morgan fingerprint density at radius 2 is 2.05 bits per heavy atom. The summed E-state index contributed by atoms with van der Waals surface area (Å²) < 4.78 is 32.0. The number of benzene rings is 1. The van der Waals surface area contributed by atoms with Crippen LogP contribution in [0.2, 0.25) is 0 Å². The van der Waals surface area contributed by atoms with Crippen molar-refractivity contribution >= 4 is 12.4 Å². The van der Waals surface area contributed by atoms with Gasteiger partial charge in [0.2, 0.25) is 0 Å². The first-order chi connectivity index (χ1) is 9.90. The second-order valence-electron chi connectivity index (χ2n) is 4.43. The maximum absolute atomic E-state index is 13.6. The van der Waals surface area contributed by atoms with E-state index in [1.165, 1.54) is 6.92 Å². The normalized spacial score (nSPS) is 14.1. The number of aliphatic hydroxyl groups is 1. The predicted molar refractivity (Wildman–Crippen MR) is 70.9 cm³/mol. The van der Waals surface area contributed by atoms with Crippen molar-refractivity contribution in [3.8, 4) is 0 Å². The van der Waals surface area contributed by atoms with Gasteiger partial charge in [0, 0.05) is 6.42 Å². The molecule has 1 aromatic carbocycles. The molecule has 0 aliphatic heterocycles. The molecule has 0 saturated heterocycles. The summed E-state index contributed by atoms with van der Waals surface area (Å²) >= 11 is 0. The average molecular weight is 301 g/mol. The SMILES string of the molecule is CCC(F)(F)C(NC(=O)OCc1ccccc1)C(O)C=O. The third-order valence-electron chi connectivity index (χ3n) is 2.89. The zero-order valence-electron chi connectivity index (χ0n) is 11.5. The number of alkyl halides is 2. The highest BCUT2D eigenvalue weighted by Gasteiger charge is 2.43. The van der Waals surface area contributed by atoms with Gasteiger partial charge in [-0.3, -0.25) is 0 Å². The second-order valence-corrected chi connectivity index (χ2v) is 4.43. The fourth-order valence-electron chi connectivity index (χ4n) is 1.63. The van der Waals surface area contributed by atoms with Crippen molar-refractivity contribution in [3.05, 3.63) is 35.9 Å². The van der Waals surface area contributed by atoms with E-state index in [0.29, 0.717) is 5.56 Å². The molecule has 1 aromatic rings. The van der Waals surface area contributed by atoms with Crippen LogP contribution in [0.25, 0.3) is 0 Å². The van der Waals surface area contributed by atoms with E-state index in [9.17, 15) is 23.5 Å². The van der Waals surface area contributed by atoms with Crippen LogP contribution in [0.1, 0.15) is 18.9 Å². The molecule has 2 atom stereocenters. The number of alkyl carbamates (subject to hydrolysis) is 1. The first-order valence-electron chi connectivity index (χ1n) is 6.39. The van der Waals surface area contributed by atoms with Gasteiger partial charge in [0.25, 0.3) is 5.92 Å². The summed E-state index contributed by atoms with van der Waals surface area (Å²) in [7, 11) is 0. The number of hydrogen-bond acceptors (Lipinski definition) is 4. The number of nitrogens with one attached hydrogen (secondary N) is 1. The molecular formula is C14H17F2NO4. The number of carbonyl (C=O) groups is 2. The fraction of sp³-hybridized carbons (Fsp3) is 0.429. The molecular weight excluding hydrogens is 284 g/mol. The maximum atomic E-state index is 13.6. The first kappa shape index (κ1) is 17.0. The quantitative estimate of drug-likeness (QED) is 0.754. The molecule has 0 bridgehead atoms. The number of carbonyl (C=O) groups excluding carboxylic acids is 2. The van der Waals surface area contributed by atoms with Crippen molar-refractivity contribution in [3.63, 3.8) is 0 Å². The van der Waals surface area contributed by atoms with Crippen LogP contribution in [-0.4, -0.2) is 35.6 Å². The lowest BCUT2D eigenvalue weighted by Gasteiger charge is -2.27. The monoisotopic (exact) mass is 301 g/mol. The van der Waals surface area contributed by atoms with E-state index in [4.69, 9.17) is 4.74 Å². The lowest BCUT2D eigenvalue weighted by molar-refractivity contribution is -0.125. The van der Waals surface area contributed by atoms with Gasteiger partial charge in [-0.1, -0.05) is 37.3 Å². The average Bonchev–Trinajstić information content (AvgIpc) is 2.50. The Bertz CT molecular complexity index is 467. The predicted octanol–water partition coefficient (Wildman–Crippen LogP) is 1.89. The van der Waals surface area contributed by atoms with E-state index in [1.807, 2.05) is 5.32 Å². The smallest absolute Gasteiger partial charge is 0.407 e. The second kappa shape index (κ2) is 7.68. The number of halogens is 2. The van der Waals surface area contributed by atoms with Gasteiger partial charge in [0.05, 0.1) is 0 Å². The minimum absolute atomic E-state index is 0.0499. The summed E-state index contributed by atoms with van der Waals surface area (Å²) in [6, 6.07) is 6.63. The summed E-state index contributed by atoms with van der Waals surface area (Å²) in [6.07, 6.45) is -3.82. The Morgan fingerprint density at radius 1 is 1.43 bits per heavy atom. The molecule has 0 saturated carbocycles. The van der Waals surface area contributed by atoms with Crippen molar-refractivity contribution in [2.24, 2.45) is 0 Å². The summed E-state index contributed by atoms with van der Waals surface area (Å²) in [4.78, 5) is 22.0. The summed E-state index contributed by atoms with van der Waals surface area (Å²) in [6.45, 7) is 1.08. The Labute approximate surface area is 120 Å². The molecule has 0 aromatic heterocycles. The van der Waals surface area contributed by atoms with Crippen molar-refractivity contribution in [2.45, 2.75) is 38.0 Å². The van der Waals surface area contributed by atoms with E-state index in [-0.39, 0.29) is 12.9 Å². The van der Waals surface area contributed by atoms with E-state index >= 15 is 0 Å². The van der Waals surface area contributed by atoms with Crippen LogP contribution in [0.5, 0.6) is 0 Å². The van der Waals surface area contributed by atoms with Crippen molar-refractivity contribution in [2.75, 3.05) is 0 Å². The Balaban J connectivity index is 2.62. The number of aliphatic hydroxyl groups excluding tert-OH is 1. The van der Waals surface area contributed by atoms with Gasteiger partial charge in [-0.25, -0.2) is 13.6 Å². The topological polar surface area (TPSA) is 75.6 Å². The molecule has 1 rings (SSSR count). The van der Waals surface area contributed by atoms with E-state index in [1.54, 1.807) is 30.3 Å². The molecule has 2 unspecified atom stereocenters. The largest absolute Gasteiger partial charge is 0.445 e. The van der Waals surface area contributed by atoms with Crippen LogP contribution < -0.4 is 5.32 Å². The summed E-state index contributed by atoms with van der Waals surface area (Å²) in [5.41, 5.74) is 0.683. The molecule has 0 radical (unpaired) electrons. The van der Waals surface area contributed by atoms with Crippen molar-refractivity contribution in [1.82, 2.24) is 5.32 Å². The lowest BCUT2D eigenvalue weighted by Crippen LogP contribution is -2.55. The summed E-state index contributed by atoms with van der Waals surface area (Å²) in [5.74, 6) is -3.42. The number of rotatable bonds is 7. The molecule has 116 valence electrons. The minimum atomic E-state index is -3.42. The van der Waals surface area contributed by atoms with E-state index in [0.717, 1.165) is 0 Å². The third-order valence-corrected chi connectivity index (χ3v) is 2.89. The molecule has 0 spiro atoms. The number of amides is 1. The Hall–Kier alpha value is -2.02. The molecule has 7 heteroatoms. The molecule has 0 aliphatic rings. The summed E-state index contributed by atoms with van der Waals surface area (Å²) in [5, 5.41) is 11.1. The first-order valence-corrected chi connectivity index (χ1v) is 6.39. The standard InChI is InChI=1S/C14H17F2NO4/c1-2-14(15,16)12(11(19)8-18)17-13(20)21-9-10-6-4-3-5-7-10/h3-8,11-12,19H,2,9H2,1H3,(H,17,20). The fourth-order valence-corrected chi connectivity index (χ4v) is 1.63. The van der Waals surface area contributed by atoms with E-state index < -0.39 is 30.6 Å². The molecule has 0 fully saturated rings. The van der Waals surface area contributed by atoms with Crippen LogP contribution in [0.3, 0.4) is 0 Å². The van der Waals surface area contributed by atoms with Crippen LogP contribution in [0, 0.1) is 0 Å². The van der Waals surface area contributed by atoms with Gasteiger partial charge in [-0.2, -0.15) is 0 Å². The Morgan fingerprint density at radius 3 is 2.57 bits per heavy atom. The van der Waals surface area contributed by atoms with Gasteiger partial charge in [0.1, 0.15) is 18.8 Å². The van der Waals surface area contributed by atoms with E-state index in [2.05, 4.69) is 0 Å². The highest BCUT2D eigenvalue weighted by atomic mass is 19.3.